The minimum Gasteiger partial charge on any atom is -0.474 e. The van der Waals surface area contributed by atoms with Gasteiger partial charge in [0.1, 0.15) is 0 Å². The Kier molecular flexibility index (Phi) is 3.49. The van der Waals surface area contributed by atoms with Gasteiger partial charge in [0.05, 0.1) is 6.61 Å². The molecule has 0 aliphatic carbocycles. The molecule has 1 aromatic heterocycles. The number of aromatic nitrogens is 2. The standard InChI is InChI=1S/C9H14N2O2/c1-7(2)3-6-13-9-8(12)10-4-5-11-9/h4-5,7H,3,6H2,1-2H3,(H,10,12). The fraction of sp³-hybridized carbons (Fsp3) is 0.556. The van der Waals surface area contributed by atoms with Gasteiger partial charge in [0, 0.05) is 12.4 Å². The Hall–Kier alpha value is -1.32. The van der Waals surface area contributed by atoms with Gasteiger partial charge >= 0.3 is 5.56 Å². The molecule has 0 saturated carbocycles. The van der Waals surface area contributed by atoms with E-state index in [4.69, 9.17) is 4.74 Å². The molecule has 1 heterocycles. The van der Waals surface area contributed by atoms with Gasteiger partial charge in [-0.3, -0.25) is 4.79 Å². The maximum Gasteiger partial charge on any atom is 0.310 e. The second-order valence-corrected chi connectivity index (χ2v) is 3.25. The van der Waals surface area contributed by atoms with Gasteiger partial charge < -0.3 is 9.72 Å². The van der Waals surface area contributed by atoms with E-state index in [-0.39, 0.29) is 11.4 Å². The average Bonchev–Trinajstić information content (AvgIpc) is 2.08. The van der Waals surface area contributed by atoms with Crippen molar-refractivity contribution in [1.29, 1.82) is 0 Å². The first kappa shape index (κ1) is 9.77. The van der Waals surface area contributed by atoms with Crippen molar-refractivity contribution >= 4 is 0 Å². The van der Waals surface area contributed by atoms with Crippen LogP contribution < -0.4 is 10.3 Å². The van der Waals surface area contributed by atoms with Crippen molar-refractivity contribution in [2.45, 2.75) is 20.3 Å². The zero-order valence-electron chi connectivity index (χ0n) is 7.91. The van der Waals surface area contributed by atoms with Gasteiger partial charge in [-0.15, -0.1) is 0 Å². The maximum atomic E-state index is 11.1. The van der Waals surface area contributed by atoms with E-state index in [1.807, 2.05) is 0 Å². The predicted octanol–water partition coefficient (Wildman–Crippen LogP) is 1.19. The lowest BCUT2D eigenvalue weighted by molar-refractivity contribution is 0.275. The third kappa shape index (κ3) is 3.27. The molecule has 0 spiro atoms. The van der Waals surface area contributed by atoms with Crippen LogP contribution in [0.15, 0.2) is 17.2 Å². The average molecular weight is 182 g/mol. The Morgan fingerprint density at radius 3 is 3.00 bits per heavy atom. The van der Waals surface area contributed by atoms with Crippen LogP contribution in [0.4, 0.5) is 0 Å². The number of ether oxygens (including phenoxy) is 1. The molecular formula is C9H14N2O2. The third-order valence-electron chi connectivity index (χ3n) is 1.61. The third-order valence-corrected chi connectivity index (χ3v) is 1.61. The highest BCUT2D eigenvalue weighted by Gasteiger charge is 2.00. The van der Waals surface area contributed by atoms with Gasteiger partial charge in [-0.05, 0) is 12.3 Å². The normalized spacial score (nSPS) is 10.4. The van der Waals surface area contributed by atoms with Crippen LogP contribution in [0.2, 0.25) is 0 Å². The molecule has 72 valence electrons. The van der Waals surface area contributed by atoms with Gasteiger partial charge in [-0.2, -0.15) is 0 Å². The Bertz CT molecular complexity index is 306. The summed E-state index contributed by atoms with van der Waals surface area (Å²) >= 11 is 0. The van der Waals surface area contributed by atoms with E-state index in [2.05, 4.69) is 23.8 Å². The Labute approximate surface area is 77.0 Å². The van der Waals surface area contributed by atoms with Crippen molar-refractivity contribution in [2.24, 2.45) is 5.92 Å². The molecule has 13 heavy (non-hydrogen) atoms. The monoisotopic (exact) mass is 182 g/mol. The van der Waals surface area contributed by atoms with Crippen molar-refractivity contribution < 1.29 is 4.74 Å². The molecule has 0 aliphatic rings. The smallest absolute Gasteiger partial charge is 0.310 e. The zero-order valence-corrected chi connectivity index (χ0v) is 7.91. The van der Waals surface area contributed by atoms with Gasteiger partial charge in [0.2, 0.25) is 0 Å². The lowest BCUT2D eigenvalue weighted by Crippen LogP contribution is -2.13. The number of rotatable bonds is 4. The van der Waals surface area contributed by atoms with Crippen LogP contribution in [-0.4, -0.2) is 16.6 Å². The van der Waals surface area contributed by atoms with Crippen LogP contribution in [0, 0.1) is 5.92 Å². The van der Waals surface area contributed by atoms with Gasteiger partial charge in [0.25, 0.3) is 5.88 Å². The van der Waals surface area contributed by atoms with E-state index < -0.39 is 0 Å². The number of H-pyrrole nitrogens is 1. The predicted molar refractivity (Wildman–Crippen MR) is 49.8 cm³/mol. The molecule has 0 aromatic carbocycles. The molecule has 0 saturated heterocycles. The zero-order chi connectivity index (χ0) is 9.68. The van der Waals surface area contributed by atoms with Crippen LogP contribution >= 0.6 is 0 Å². The molecule has 1 aromatic rings. The van der Waals surface area contributed by atoms with Crippen LogP contribution in [0.1, 0.15) is 20.3 Å². The molecule has 0 bridgehead atoms. The number of hydrogen-bond donors (Lipinski definition) is 1. The van der Waals surface area contributed by atoms with Crippen molar-refractivity contribution in [2.75, 3.05) is 6.61 Å². The SMILES string of the molecule is CC(C)CCOc1ncc[nH]c1=O. The molecule has 4 heteroatoms. The number of hydrogen-bond acceptors (Lipinski definition) is 3. The van der Waals surface area contributed by atoms with Crippen molar-refractivity contribution in [3.63, 3.8) is 0 Å². The summed E-state index contributed by atoms with van der Waals surface area (Å²) in [5, 5.41) is 0. The van der Waals surface area contributed by atoms with E-state index in [0.717, 1.165) is 6.42 Å². The number of nitrogens with one attached hydrogen (secondary N) is 1. The van der Waals surface area contributed by atoms with E-state index in [0.29, 0.717) is 12.5 Å². The second kappa shape index (κ2) is 4.64. The molecule has 0 unspecified atom stereocenters. The summed E-state index contributed by atoms with van der Waals surface area (Å²) in [5.74, 6) is 0.728. The fourth-order valence-corrected chi connectivity index (χ4v) is 0.832. The molecule has 1 rings (SSSR count). The Morgan fingerprint density at radius 1 is 1.62 bits per heavy atom. The van der Waals surface area contributed by atoms with E-state index in [1.54, 1.807) is 0 Å². The molecule has 0 aliphatic heterocycles. The number of aromatic amines is 1. The summed E-state index contributed by atoms with van der Waals surface area (Å²) in [6, 6.07) is 0. The Morgan fingerprint density at radius 2 is 2.38 bits per heavy atom. The first-order chi connectivity index (χ1) is 6.20. The fourth-order valence-electron chi connectivity index (χ4n) is 0.832. The van der Waals surface area contributed by atoms with Gasteiger partial charge in [0.15, 0.2) is 0 Å². The van der Waals surface area contributed by atoms with Crippen LogP contribution in [0.3, 0.4) is 0 Å². The molecule has 1 N–H and O–H groups in total. The van der Waals surface area contributed by atoms with Gasteiger partial charge in [-0.25, -0.2) is 4.98 Å². The van der Waals surface area contributed by atoms with E-state index in [9.17, 15) is 4.79 Å². The lowest BCUT2D eigenvalue weighted by atomic mass is 10.1. The molecule has 0 fully saturated rings. The highest BCUT2D eigenvalue weighted by Crippen LogP contribution is 2.01. The molecule has 0 radical (unpaired) electrons. The topological polar surface area (TPSA) is 55.0 Å². The second-order valence-electron chi connectivity index (χ2n) is 3.25. The lowest BCUT2D eigenvalue weighted by Gasteiger charge is -2.05. The highest BCUT2D eigenvalue weighted by atomic mass is 16.5. The maximum absolute atomic E-state index is 11.1. The minimum atomic E-state index is -0.272. The summed E-state index contributed by atoms with van der Waals surface area (Å²) in [6.45, 7) is 4.75. The highest BCUT2D eigenvalue weighted by molar-refractivity contribution is 5.01. The number of nitrogens with zero attached hydrogens (tertiary/aromatic N) is 1. The van der Waals surface area contributed by atoms with Crippen molar-refractivity contribution in [3.8, 4) is 5.88 Å². The van der Waals surface area contributed by atoms with Gasteiger partial charge in [-0.1, -0.05) is 13.8 Å². The quantitative estimate of drug-likeness (QED) is 0.761. The van der Waals surface area contributed by atoms with Crippen LogP contribution in [0.25, 0.3) is 0 Å². The summed E-state index contributed by atoms with van der Waals surface area (Å²) in [7, 11) is 0. The van der Waals surface area contributed by atoms with Crippen molar-refractivity contribution in [1.82, 2.24) is 9.97 Å². The van der Waals surface area contributed by atoms with Crippen LogP contribution in [-0.2, 0) is 0 Å². The first-order valence-corrected chi connectivity index (χ1v) is 4.36. The molecular weight excluding hydrogens is 168 g/mol. The van der Waals surface area contributed by atoms with E-state index >= 15 is 0 Å². The first-order valence-electron chi connectivity index (χ1n) is 4.36. The summed E-state index contributed by atoms with van der Waals surface area (Å²) in [4.78, 5) is 17.4. The van der Waals surface area contributed by atoms with Crippen LogP contribution in [0.5, 0.6) is 5.88 Å². The Balaban J connectivity index is 2.46. The van der Waals surface area contributed by atoms with Crippen molar-refractivity contribution in [3.05, 3.63) is 22.7 Å². The minimum absolute atomic E-state index is 0.156. The summed E-state index contributed by atoms with van der Waals surface area (Å²) < 4.78 is 5.19. The van der Waals surface area contributed by atoms with E-state index in [1.165, 1.54) is 12.4 Å². The summed E-state index contributed by atoms with van der Waals surface area (Å²) in [6.07, 6.45) is 3.92. The summed E-state index contributed by atoms with van der Waals surface area (Å²) in [5.41, 5.74) is -0.272. The molecule has 4 nitrogen and oxygen atoms in total. The largest absolute Gasteiger partial charge is 0.474 e. The molecule has 0 atom stereocenters. The molecule has 0 amide bonds.